The third kappa shape index (κ3) is 2.13. The Labute approximate surface area is 115 Å². The molecule has 0 amide bonds. The van der Waals surface area contributed by atoms with Crippen LogP contribution in [0.1, 0.15) is 11.5 Å². The number of rotatable bonds is 4. The van der Waals surface area contributed by atoms with Gasteiger partial charge in [0.2, 0.25) is 0 Å². The summed E-state index contributed by atoms with van der Waals surface area (Å²) in [6.07, 6.45) is 0.987. The SMILES string of the molecule is CS(=O)(=O)[C@@H]1[C@@H](c2ccc(Cl)cc2)[C@]1(CO)C(=O)O. The average molecular weight is 305 g/mol. The molecule has 7 heteroatoms. The number of halogens is 1. The first kappa shape index (κ1) is 14.3. The zero-order valence-electron chi connectivity index (χ0n) is 10.1. The molecule has 2 N–H and O–H groups in total. The molecule has 0 heterocycles. The summed E-state index contributed by atoms with van der Waals surface area (Å²) < 4.78 is 23.4. The van der Waals surface area contributed by atoms with Gasteiger partial charge in [-0.2, -0.15) is 0 Å². The smallest absolute Gasteiger partial charge is 0.314 e. The number of benzene rings is 1. The molecule has 0 saturated heterocycles. The quantitative estimate of drug-likeness (QED) is 0.863. The number of aliphatic hydroxyl groups is 1. The Hall–Kier alpha value is -1.11. The molecular weight excluding hydrogens is 292 g/mol. The van der Waals surface area contributed by atoms with E-state index in [4.69, 9.17) is 11.6 Å². The number of carboxylic acids is 1. The highest BCUT2D eigenvalue weighted by molar-refractivity contribution is 7.91. The largest absolute Gasteiger partial charge is 0.481 e. The van der Waals surface area contributed by atoms with Crippen molar-refractivity contribution >= 4 is 27.4 Å². The van der Waals surface area contributed by atoms with Crippen LogP contribution >= 0.6 is 11.6 Å². The number of aliphatic hydroxyl groups excluding tert-OH is 1. The molecule has 1 aliphatic rings. The van der Waals surface area contributed by atoms with Crippen molar-refractivity contribution in [3.63, 3.8) is 0 Å². The molecule has 1 fully saturated rings. The summed E-state index contributed by atoms with van der Waals surface area (Å²) in [4.78, 5) is 11.4. The Morgan fingerprint density at radius 2 is 1.89 bits per heavy atom. The molecule has 1 aromatic carbocycles. The molecule has 0 aliphatic heterocycles. The van der Waals surface area contributed by atoms with Crippen LogP contribution < -0.4 is 0 Å². The number of hydrogen-bond acceptors (Lipinski definition) is 4. The minimum Gasteiger partial charge on any atom is -0.481 e. The Balaban J connectivity index is 2.50. The summed E-state index contributed by atoms with van der Waals surface area (Å²) in [5, 5.41) is 18.0. The van der Waals surface area contributed by atoms with Crippen molar-refractivity contribution in [2.75, 3.05) is 12.9 Å². The van der Waals surface area contributed by atoms with E-state index < -0.39 is 39.0 Å². The van der Waals surface area contributed by atoms with E-state index in [9.17, 15) is 23.4 Å². The van der Waals surface area contributed by atoms with E-state index in [0.29, 0.717) is 10.6 Å². The number of sulfone groups is 1. The summed E-state index contributed by atoms with van der Waals surface area (Å²) in [5.41, 5.74) is -1.10. The van der Waals surface area contributed by atoms with E-state index in [0.717, 1.165) is 6.26 Å². The molecule has 0 unspecified atom stereocenters. The second-order valence-electron chi connectivity index (χ2n) is 4.78. The van der Waals surface area contributed by atoms with E-state index in [1.54, 1.807) is 24.3 Å². The van der Waals surface area contributed by atoms with E-state index >= 15 is 0 Å². The Morgan fingerprint density at radius 3 is 2.21 bits per heavy atom. The maximum atomic E-state index is 11.7. The molecule has 1 saturated carbocycles. The van der Waals surface area contributed by atoms with Crippen molar-refractivity contribution in [2.45, 2.75) is 11.2 Å². The van der Waals surface area contributed by atoms with Gasteiger partial charge in [-0.25, -0.2) is 8.42 Å². The number of carboxylic acid groups (broad SMARTS) is 1. The summed E-state index contributed by atoms with van der Waals surface area (Å²) in [6.45, 7) is -0.715. The molecule has 19 heavy (non-hydrogen) atoms. The lowest BCUT2D eigenvalue weighted by molar-refractivity contribution is -0.145. The van der Waals surface area contributed by atoms with Crippen molar-refractivity contribution in [2.24, 2.45) is 5.41 Å². The lowest BCUT2D eigenvalue weighted by Gasteiger charge is -2.08. The minimum absolute atomic E-state index is 0.477. The van der Waals surface area contributed by atoms with Crippen LogP contribution in [-0.4, -0.2) is 42.7 Å². The number of aliphatic carboxylic acids is 1. The van der Waals surface area contributed by atoms with E-state index in [-0.39, 0.29) is 0 Å². The molecule has 104 valence electrons. The van der Waals surface area contributed by atoms with Gasteiger partial charge in [0.25, 0.3) is 0 Å². The fourth-order valence-electron chi connectivity index (χ4n) is 2.69. The monoisotopic (exact) mass is 304 g/mol. The molecule has 5 nitrogen and oxygen atoms in total. The van der Waals surface area contributed by atoms with Crippen molar-refractivity contribution < 1.29 is 23.4 Å². The zero-order valence-corrected chi connectivity index (χ0v) is 11.6. The van der Waals surface area contributed by atoms with E-state index in [2.05, 4.69) is 0 Å². The first-order valence-corrected chi connectivity index (χ1v) is 7.87. The van der Waals surface area contributed by atoms with E-state index in [1.807, 2.05) is 0 Å². The van der Waals surface area contributed by atoms with Gasteiger partial charge >= 0.3 is 5.97 Å². The van der Waals surface area contributed by atoms with E-state index in [1.165, 1.54) is 0 Å². The van der Waals surface area contributed by atoms with Crippen molar-refractivity contribution in [3.8, 4) is 0 Å². The number of hydrogen-bond donors (Lipinski definition) is 2. The van der Waals surface area contributed by atoms with Crippen LogP contribution in [0.25, 0.3) is 0 Å². The number of carbonyl (C=O) groups is 1. The van der Waals surface area contributed by atoms with Gasteiger partial charge in [-0.3, -0.25) is 4.79 Å². The molecule has 2 rings (SSSR count). The van der Waals surface area contributed by atoms with Gasteiger partial charge in [0.05, 0.1) is 11.9 Å². The second kappa shape index (κ2) is 4.47. The van der Waals surface area contributed by atoms with Crippen molar-refractivity contribution in [1.82, 2.24) is 0 Å². The third-order valence-corrected chi connectivity index (χ3v) is 5.47. The predicted molar refractivity (Wildman–Crippen MR) is 70.0 cm³/mol. The van der Waals surface area contributed by atoms with Gasteiger partial charge < -0.3 is 10.2 Å². The van der Waals surface area contributed by atoms with Gasteiger partial charge in [-0.15, -0.1) is 0 Å². The highest BCUT2D eigenvalue weighted by Crippen LogP contribution is 2.62. The van der Waals surface area contributed by atoms with Crippen LogP contribution in [-0.2, 0) is 14.6 Å². The third-order valence-electron chi connectivity index (χ3n) is 3.61. The van der Waals surface area contributed by atoms with Gasteiger partial charge in [-0.05, 0) is 17.7 Å². The molecule has 0 spiro atoms. The van der Waals surface area contributed by atoms with Crippen molar-refractivity contribution in [1.29, 1.82) is 0 Å². The van der Waals surface area contributed by atoms with Crippen LogP contribution in [0.2, 0.25) is 5.02 Å². The first-order valence-electron chi connectivity index (χ1n) is 5.53. The normalized spacial score (nSPS) is 30.1. The summed E-state index contributed by atoms with van der Waals surface area (Å²) in [7, 11) is -3.58. The topological polar surface area (TPSA) is 91.7 Å². The maximum Gasteiger partial charge on any atom is 0.314 e. The Bertz CT molecular complexity index is 610. The molecule has 3 atom stereocenters. The van der Waals surface area contributed by atoms with Crippen LogP contribution in [0.3, 0.4) is 0 Å². The molecule has 1 aromatic rings. The van der Waals surface area contributed by atoms with Crippen LogP contribution in [0.5, 0.6) is 0 Å². The summed E-state index contributed by atoms with van der Waals surface area (Å²) in [5.74, 6) is -2.05. The first-order chi connectivity index (χ1) is 8.75. The molecule has 0 radical (unpaired) electrons. The lowest BCUT2D eigenvalue weighted by atomic mass is 10.0. The van der Waals surface area contributed by atoms with Gasteiger partial charge in [0.1, 0.15) is 5.41 Å². The predicted octanol–water partition coefficient (Wildman–Crippen LogP) is 0.914. The van der Waals surface area contributed by atoms with Crippen LogP contribution in [0.15, 0.2) is 24.3 Å². The Kier molecular flexibility index (Phi) is 3.36. The maximum absolute atomic E-state index is 11.7. The molecule has 0 aromatic heterocycles. The fraction of sp³-hybridized carbons (Fsp3) is 0.417. The van der Waals surface area contributed by atoms with Gasteiger partial charge in [0, 0.05) is 17.2 Å². The van der Waals surface area contributed by atoms with Gasteiger partial charge in [0.15, 0.2) is 9.84 Å². The lowest BCUT2D eigenvalue weighted by Crippen LogP contribution is -2.27. The highest BCUT2D eigenvalue weighted by atomic mass is 35.5. The molecule has 0 bridgehead atoms. The molecule has 1 aliphatic carbocycles. The highest BCUT2D eigenvalue weighted by Gasteiger charge is 2.74. The van der Waals surface area contributed by atoms with Crippen LogP contribution in [0, 0.1) is 5.41 Å². The summed E-state index contributed by atoms with van der Waals surface area (Å²) >= 11 is 5.75. The average Bonchev–Trinajstić information content (AvgIpc) is 3.00. The van der Waals surface area contributed by atoms with Crippen molar-refractivity contribution in [3.05, 3.63) is 34.9 Å². The standard InChI is InChI=1S/C12H13ClO5S/c1-19(17,18)10-9(12(10,6-14)11(15)16)7-2-4-8(13)5-3-7/h2-5,9-10,14H,6H2,1H3,(H,15,16)/t9-,10-,12+/m1/s1. The Morgan fingerprint density at radius 1 is 1.37 bits per heavy atom. The minimum atomic E-state index is -3.58. The second-order valence-corrected chi connectivity index (χ2v) is 7.39. The summed E-state index contributed by atoms with van der Waals surface area (Å²) in [6, 6.07) is 6.31. The fourth-order valence-corrected chi connectivity index (χ4v) is 4.71. The van der Waals surface area contributed by atoms with Crippen LogP contribution in [0.4, 0.5) is 0 Å². The molecular formula is C12H13ClO5S. The zero-order chi connectivity index (χ0) is 14.4. The van der Waals surface area contributed by atoms with Gasteiger partial charge in [-0.1, -0.05) is 23.7 Å².